The van der Waals surface area contributed by atoms with Crippen LogP contribution in [-0.4, -0.2) is 25.2 Å². The van der Waals surface area contributed by atoms with E-state index in [0.717, 1.165) is 6.04 Å². The summed E-state index contributed by atoms with van der Waals surface area (Å²) < 4.78 is 0. The van der Waals surface area contributed by atoms with Gasteiger partial charge < -0.3 is 10.6 Å². The second-order valence-corrected chi connectivity index (χ2v) is 3.69. The van der Waals surface area contributed by atoms with Crippen LogP contribution in [0.5, 0.6) is 0 Å². The first-order valence-electron chi connectivity index (χ1n) is 4.27. The second kappa shape index (κ2) is 2.21. The lowest BCUT2D eigenvalue weighted by Gasteiger charge is -2.30. The molecule has 2 N–H and O–H groups in total. The van der Waals surface area contributed by atoms with Gasteiger partial charge in [-0.05, 0) is 39.3 Å². The van der Waals surface area contributed by atoms with E-state index in [1.807, 2.05) is 0 Å². The average Bonchev–Trinajstić information content (AvgIpc) is 2.70. The molecule has 10 heavy (non-hydrogen) atoms. The van der Waals surface area contributed by atoms with E-state index in [2.05, 4.69) is 17.7 Å². The monoisotopic (exact) mass is 140 g/mol. The van der Waals surface area contributed by atoms with E-state index in [1.54, 1.807) is 0 Å². The first-order chi connectivity index (χ1) is 4.85. The summed E-state index contributed by atoms with van der Waals surface area (Å²) in [5.74, 6) is 0. The Morgan fingerprint density at radius 2 is 2.30 bits per heavy atom. The van der Waals surface area contributed by atoms with Crippen LogP contribution in [0.1, 0.15) is 25.7 Å². The van der Waals surface area contributed by atoms with Gasteiger partial charge in [0, 0.05) is 11.6 Å². The molecule has 1 saturated heterocycles. The van der Waals surface area contributed by atoms with Gasteiger partial charge in [0.05, 0.1) is 0 Å². The molecule has 1 atom stereocenters. The Balaban J connectivity index is 1.91. The van der Waals surface area contributed by atoms with Gasteiger partial charge in [-0.2, -0.15) is 0 Å². The van der Waals surface area contributed by atoms with E-state index in [0.29, 0.717) is 5.54 Å². The smallest absolute Gasteiger partial charge is 0.0197 e. The van der Waals surface area contributed by atoms with E-state index < -0.39 is 0 Å². The molecule has 0 aromatic rings. The highest BCUT2D eigenvalue weighted by Crippen LogP contribution is 2.41. The maximum Gasteiger partial charge on any atom is 0.0197 e. The largest absolute Gasteiger partial charge is 0.317 e. The van der Waals surface area contributed by atoms with Gasteiger partial charge in [-0.1, -0.05) is 0 Å². The molecule has 2 fully saturated rings. The van der Waals surface area contributed by atoms with Crippen molar-refractivity contribution >= 4 is 0 Å². The Kier molecular flexibility index (Phi) is 1.46. The SMILES string of the molecule is CNC1CCNC2(CC2)C1. The summed E-state index contributed by atoms with van der Waals surface area (Å²) >= 11 is 0. The molecular weight excluding hydrogens is 124 g/mol. The summed E-state index contributed by atoms with van der Waals surface area (Å²) in [4.78, 5) is 0. The first-order valence-corrected chi connectivity index (χ1v) is 4.27. The minimum Gasteiger partial charge on any atom is -0.317 e. The molecule has 1 unspecified atom stereocenters. The van der Waals surface area contributed by atoms with Crippen LogP contribution in [0.3, 0.4) is 0 Å². The van der Waals surface area contributed by atoms with Crippen molar-refractivity contribution in [1.29, 1.82) is 0 Å². The molecule has 2 rings (SSSR count). The van der Waals surface area contributed by atoms with Gasteiger partial charge in [0.25, 0.3) is 0 Å². The molecule has 0 aromatic heterocycles. The van der Waals surface area contributed by atoms with Crippen LogP contribution in [-0.2, 0) is 0 Å². The molecule has 0 aromatic carbocycles. The minimum absolute atomic E-state index is 0.589. The van der Waals surface area contributed by atoms with Crippen LogP contribution in [0.25, 0.3) is 0 Å². The number of nitrogens with one attached hydrogen (secondary N) is 2. The standard InChI is InChI=1S/C8H16N2/c1-9-7-2-5-10-8(6-7)3-4-8/h7,9-10H,2-6H2,1H3. The lowest BCUT2D eigenvalue weighted by molar-refractivity contribution is 0.317. The van der Waals surface area contributed by atoms with Gasteiger partial charge >= 0.3 is 0 Å². The molecular formula is C8H16N2. The average molecular weight is 140 g/mol. The minimum atomic E-state index is 0.589. The molecule has 2 heteroatoms. The van der Waals surface area contributed by atoms with Crippen molar-refractivity contribution < 1.29 is 0 Å². The number of hydrogen-bond acceptors (Lipinski definition) is 2. The molecule has 0 amide bonds. The van der Waals surface area contributed by atoms with Crippen LogP contribution in [0.15, 0.2) is 0 Å². The fourth-order valence-corrected chi connectivity index (χ4v) is 1.94. The van der Waals surface area contributed by atoms with Gasteiger partial charge in [0.2, 0.25) is 0 Å². The predicted molar refractivity (Wildman–Crippen MR) is 42.0 cm³/mol. The van der Waals surface area contributed by atoms with Crippen molar-refractivity contribution in [3.63, 3.8) is 0 Å². The van der Waals surface area contributed by atoms with E-state index in [4.69, 9.17) is 0 Å². The zero-order valence-corrected chi connectivity index (χ0v) is 6.61. The quantitative estimate of drug-likeness (QED) is 0.554. The highest BCUT2D eigenvalue weighted by atomic mass is 15.1. The Labute approximate surface area is 62.4 Å². The summed E-state index contributed by atoms with van der Waals surface area (Å²) in [6.45, 7) is 1.21. The van der Waals surface area contributed by atoms with Crippen molar-refractivity contribution in [2.24, 2.45) is 0 Å². The topological polar surface area (TPSA) is 24.1 Å². The second-order valence-electron chi connectivity index (χ2n) is 3.69. The van der Waals surface area contributed by atoms with Gasteiger partial charge in [-0.3, -0.25) is 0 Å². The van der Waals surface area contributed by atoms with Gasteiger partial charge in [0.15, 0.2) is 0 Å². The van der Waals surface area contributed by atoms with Crippen LogP contribution < -0.4 is 10.6 Å². The molecule has 1 spiro atoms. The van der Waals surface area contributed by atoms with Crippen molar-refractivity contribution in [2.45, 2.75) is 37.3 Å². The fraction of sp³-hybridized carbons (Fsp3) is 1.00. The highest BCUT2D eigenvalue weighted by molar-refractivity contribution is 5.06. The number of rotatable bonds is 1. The normalized spacial score (nSPS) is 36.3. The lowest BCUT2D eigenvalue weighted by atomic mass is 9.98. The third-order valence-corrected chi connectivity index (χ3v) is 2.89. The third-order valence-electron chi connectivity index (χ3n) is 2.89. The molecule has 2 aliphatic rings. The fourth-order valence-electron chi connectivity index (χ4n) is 1.94. The zero-order chi connectivity index (χ0) is 7.03. The van der Waals surface area contributed by atoms with Crippen LogP contribution in [0.2, 0.25) is 0 Å². The summed E-state index contributed by atoms with van der Waals surface area (Å²) in [5.41, 5.74) is 0.589. The van der Waals surface area contributed by atoms with Gasteiger partial charge in [-0.15, -0.1) is 0 Å². The van der Waals surface area contributed by atoms with E-state index >= 15 is 0 Å². The Morgan fingerprint density at radius 3 is 2.90 bits per heavy atom. The zero-order valence-electron chi connectivity index (χ0n) is 6.61. The maximum absolute atomic E-state index is 3.59. The van der Waals surface area contributed by atoms with Crippen molar-refractivity contribution in [3.05, 3.63) is 0 Å². The Hall–Kier alpha value is -0.0800. The van der Waals surface area contributed by atoms with E-state index in [-0.39, 0.29) is 0 Å². The highest BCUT2D eigenvalue weighted by Gasteiger charge is 2.45. The molecule has 1 aliphatic heterocycles. The molecule has 0 bridgehead atoms. The van der Waals surface area contributed by atoms with Crippen molar-refractivity contribution in [2.75, 3.05) is 13.6 Å². The maximum atomic E-state index is 3.59. The molecule has 1 saturated carbocycles. The molecule has 2 nitrogen and oxygen atoms in total. The van der Waals surface area contributed by atoms with E-state index in [1.165, 1.54) is 32.2 Å². The number of hydrogen-bond donors (Lipinski definition) is 2. The molecule has 58 valence electrons. The van der Waals surface area contributed by atoms with Crippen LogP contribution in [0.4, 0.5) is 0 Å². The molecule has 1 aliphatic carbocycles. The van der Waals surface area contributed by atoms with E-state index in [9.17, 15) is 0 Å². The summed E-state index contributed by atoms with van der Waals surface area (Å²) in [5, 5.41) is 6.95. The molecule has 1 heterocycles. The van der Waals surface area contributed by atoms with Crippen molar-refractivity contribution in [1.82, 2.24) is 10.6 Å². The van der Waals surface area contributed by atoms with Crippen LogP contribution in [0, 0.1) is 0 Å². The Morgan fingerprint density at radius 1 is 1.50 bits per heavy atom. The summed E-state index contributed by atoms with van der Waals surface area (Å²) in [6, 6.07) is 0.781. The summed E-state index contributed by atoms with van der Waals surface area (Å²) in [6.07, 6.45) is 5.47. The predicted octanol–water partition coefficient (Wildman–Crippen LogP) is 0.490. The van der Waals surface area contributed by atoms with Gasteiger partial charge in [0.1, 0.15) is 0 Å². The van der Waals surface area contributed by atoms with Crippen LogP contribution >= 0.6 is 0 Å². The lowest BCUT2D eigenvalue weighted by Crippen LogP contribution is -2.46. The van der Waals surface area contributed by atoms with Gasteiger partial charge in [-0.25, -0.2) is 0 Å². The van der Waals surface area contributed by atoms with Crippen molar-refractivity contribution in [3.8, 4) is 0 Å². The number of piperidine rings is 1. The molecule has 0 radical (unpaired) electrons. The first kappa shape index (κ1) is 6.62. The Bertz CT molecular complexity index is 129. The summed E-state index contributed by atoms with van der Waals surface area (Å²) in [7, 11) is 2.08. The third kappa shape index (κ3) is 1.06.